The highest BCUT2D eigenvalue weighted by Gasteiger charge is 2.10. The van der Waals surface area contributed by atoms with Crippen molar-refractivity contribution in [3.8, 4) is 11.5 Å². The maximum atomic E-state index is 12.3. The van der Waals surface area contributed by atoms with E-state index in [1.165, 1.54) is 18.5 Å². The van der Waals surface area contributed by atoms with E-state index < -0.39 is 12.0 Å². The van der Waals surface area contributed by atoms with Gasteiger partial charge in [0.1, 0.15) is 5.75 Å². The summed E-state index contributed by atoms with van der Waals surface area (Å²) in [4.78, 5) is 28.3. The number of carbonyl (C=O) groups is 2. The van der Waals surface area contributed by atoms with Crippen LogP contribution < -0.4 is 20.1 Å². The summed E-state index contributed by atoms with van der Waals surface area (Å²) in [6.45, 7) is 2.43. The van der Waals surface area contributed by atoms with Gasteiger partial charge in [0.05, 0.1) is 30.3 Å². The molecule has 0 aliphatic rings. The van der Waals surface area contributed by atoms with Crippen LogP contribution in [0.15, 0.2) is 73.1 Å². The molecule has 3 aromatic rings. The zero-order valence-corrected chi connectivity index (χ0v) is 15.2. The number of carbonyl (C=O) groups excluding carboxylic acids is 2. The average molecular weight is 377 g/mol. The number of aromatic nitrogens is 1. The average Bonchev–Trinajstić information content (AvgIpc) is 2.70. The second-order valence-corrected chi connectivity index (χ2v) is 5.70. The molecule has 0 saturated heterocycles. The number of ether oxygens (including phenoxy) is 2. The molecule has 7 heteroatoms. The highest BCUT2D eigenvalue weighted by atomic mass is 16.5. The molecule has 0 spiro atoms. The lowest BCUT2D eigenvalue weighted by Gasteiger charge is -2.09. The van der Waals surface area contributed by atoms with Gasteiger partial charge in [0.2, 0.25) is 0 Å². The van der Waals surface area contributed by atoms with Crippen molar-refractivity contribution >= 4 is 23.4 Å². The molecule has 0 atom stereocenters. The summed E-state index contributed by atoms with van der Waals surface area (Å²) >= 11 is 0. The first-order valence-corrected chi connectivity index (χ1v) is 8.67. The number of pyridine rings is 1. The molecule has 2 N–H and O–H groups in total. The molecule has 0 unspecified atom stereocenters. The van der Waals surface area contributed by atoms with Crippen LogP contribution in [0.4, 0.5) is 16.2 Å². The molecule has 0 fully saturated rings. The molecule has 28 heavy (non-hydrogen) atoms. The van der Waals surface area contributed by atoms with Gasteiger partial charge in [-0.1, -0.05) is 18.2 Å². The minimum Gasteiger partial charge on any atom is -0.494 e. The van der Waals surface area contributed by atoms with E-state index in [4.69, 9.17) is 9.47 Å². The van der Waals surface area contributed by atoms with Gasteiger partial charge in [-0.15, -0.1) is 0 Å². The van der Waals surface area contributed by atoms with Gasteiger partial charge in [-0.05, 0) is 43.3 Å². The van der Waals surface area contributed by atoms with Crippen molar-refractivity contribution in [1.29, 1.82) is 0 Å². The van der Waals surface area contributed by atoms with E-state index in [0.29, 0.717) is 29.3 Å². The molecule has 1 heterocycles. The van der Waals surface area contributed by atoms with Crippen molar-refractivity contribution in [3.05, 3.63) is 78.6 Å². The number of amides is 2. The second kappa shape index (κ2) is 9.18. The molecule has 0 radical (unpaired) electrons. The van der Waals surface area contributed by atoms with Crippen molar-refractivity contribution in [1.82, 2.24) is 4.98 Å². The van der Waals surface area contributed by atoms with Crippen LogP contribution in [-0.4, -0.2) is 23.6 Å². The quantitative estimate of drug-likeness (QED) is 0.624. The SMILES string of the molecule is CCOc1ccc(C(=O)Oc2cncc(NC(=O)Nc3ccccc3)c2)cc1. The molecular weight excluding hydrogens is 358 g/mol. The van der Waals surface area contributed by atoms with Gasteiger partial charge in [0.15, 0.2) is 5.75 Å². The summed E-state index contributed by atoms with van der Waals surface area (Å²) < 4.78 is 10.7. The third kappa shape index (κ3) is 5.31. The highest BCUT2D eigenvalue weighted by molar-refractivity contribution is 5.99. The summed E-state index contributed by atoms with van der Waals surface area (Å²) in [5, 5.41) is 5.34. The Morgan fingerprint density at radius 1 is 0.893 bits per heavy atom. The molecule has 2 amide bonds. The van der Waals surface area contributed by atoms with Gasteiger partial charge >= 0.3 is 12.0 Å². The summed E-state index contributed by atoms with van der Waals surface area (Å²) in [6, 6.07) is 16.8. The molecular formula is C21H19N3O4. The predicted octanol–water partition coefficient (Wildman–Crippen LogP) is 4.34. The number of para-hydroxylation sites is 1. The Labute approximate surface area is 162 Å². The monoisotopic (exact) mass is 377 g/mol. The number of rotatable bonds is 6. The van der Waals surface area contributed by atoms with Crippen LogP contribution in [0.1, 0.15) is 17.3 Å². The zero-order chi connectivity index (χ0) is 19.8. The maximum Gasteiger partial charge on any atom is 0.343 e. The van der Waals surface area contributed by atoms with E-state index in [0.717, 1.165) is 0 Å². The number of hydrogen-bond acceptors (Lipinski definition) is 5. The molecule has 7 nitrogen and oxygen atoms in total. The van der Waals surface area contributed by atoms with Crippen molar-refractivity contribution in [2.75, 3.05) is 17.2 Å². The van der Waals surface area contributed by atoms with Gasteiger partial charge in [-0.3, -0.25) is 4.98 Å². The first kappa shape index (κ1) is 18.9. The number of hydrogen-bond donors (Lipinski definition) is 2. The molecule has 3 rings (SSSR count). The largest absolute Gasteiger partial charge is 0.494 e. The summed E-state index contributed by atoms with van der Waals surface area (Å²) in [7, 11) is 0. The minimum atomic E-state index is -0.532. The first-order chi connectivity index (χ1) is 13.6. The summed E-state index contributed by atoms with van der Waals surface area (Å²) in [5.41, 5.74) is 1.43. The Balaban J connectivity index is 1.61. The van der Waals surface area contributed by atoms with Crippen LogP contribution >= 0.6 is 0 Å². The highest BCUT2D eigenvalue weighted by Crippen LogP contribution is 2.19. The van der Waals surface area contributed by atoms with Gasteiger partial charge in [-0.2, -0.15) is 0 Å². The van der Waals surface area contributed by atoms with Gasteiger partial charge in [0, 0.05) is 11.8 Å². The van der Waals surface area contributed by atoms with Gasteiger partial charge in [0.25, 0.3) is 0 Å². The normalized spacial score (nSPS) is 10.0. The van der Waals surface area contributed by atoms with Crippen molar-refractivity contribution in [3.63, 3.8) is 0 Å². The van der Waals surface area contributed by atoms with Crippen molar-refractivity contribution in [2.45, 2.75) is 6.92 Å². The smallest absolute Gasteiger partial charge is 0.343 e. The lowest BCUT2D eigenvalue weighted by atomic mass is 10.2. The number of benzene rings is 2. The third-order valence-corrected chi connectivity index (χ3v) is 3.61. The number of anilines is 2. The van der Waals surface area contributed by atoms with E-state index in [2.05, 4.69) is 15.6 Å². The van der Waals surface area contributed by atoms with E-state index in [1.54, 1.807) is 36.4 Å². The summed E-state index contributed by atoms with van der Waals surface area (Å²) in [6.07, 6.45) is 2.85. The number of esters is 1. The number of nitrogens with zero attached hydrogens (tertiary/aromatic N) is 1. The van der Waals surface area contributed by atoms with E-state index in [1.807, 2.05) is 25.1 Å². The topological polar surface area (TPSA) is 89.6 Å². The fourth-order valence-corrected chi connectivity index (χ4v) is 2.38. The van der Waals surface area contributed by atoms with Crippen molar-refractivity contribution in [2.24, 2.45) is 0 Å². The fraction of sp³-hybridized carbons (Fsp3) is 0.0952. The lowest BCUT2D eigenvalue weighted by molar-refractivity contribution is 0.0734. The van der Waals surface area contributed by atoms with E-state index in [-0.39, 0.29) is 5.75 Å². The molecule has 0 aliphatic heterocycles. The van der Waals surface area contributed by atoms with Crippen LogP contribution in [0, 0.1) is 0 Å². The van der Waals surface area contributed by atoms with Crippen LogP contribution in [-0.2, 0) is 0 Å². The Morgan fingerprint density at radius 3 is 2.32 bits per heavy atom. The lowest BCUT2D eigenvalue weighted by Crippen LogP contribution is -2.19. The number of urea groups is 1. The van der Waals surface area contributed by atoms with Crippen LogP contribution in [0.5, 0.6) is 11.5 Å². The Bertz CT molecular complexity index is 943. The Morgan fingerprint density at radius 2 is 1.61 bits per heavy atom. The van der Waals surface area contributed by atoms with E-state index in [9.17, 15) is 9.59 Å². The first-order valence-electron chi connectivity index (χ1n) is 8.67. The Kier molecular flexibility index (Phi) is 6.20. The second-order valence-electron chi connectivity index (χ2n) is 5.70. The van der Waals surface area contributed by atoms with Gasteiger partial charge in [-0.25, -0.2) is 9.59 Å². The molecule has 1 aromatic heterocycles. The van der Waals surface area contributed by atoms with Gasteiger partial charge < -0.3 is 20.1 Å². The minimum absolute atomic E-state index is 0.219. The Hall–Kier alpha value is -3.87. The fourth-order valence-electron chi connectivity index (χ4n) is 2.38. The predicted molar refractivity (Wildman–Crippen MR) is 106 cm³/mol. The summed E-state index contributed by atoms with van der Waals surface area (Å²) in [5.74, 6) is 0.364. The van der Waals surface area contributed by atoms with Crippen LogP contribution in [0.25, 0.3) is 0 Å². The molecule has 0 saturated carbocycles. The zero-order valence-electron chi connectivity index (χ0n) is 15.2. The van der Waals surface area contributed by atoms with Crippen LogP contribution in [0.3, 0.4) is 0 Å². The maximum absolute atomic E-state index is 12.3. The molecule has 0 aliphatic carbocycles. The van der Waals surface area contributed by atoms with E-state index >= 15 is 0 Å². The standard InChI is InChI=1S/C21H19N3O4/c1-2-27-18-10-8-15(9-11-18)20(25)28-19-12-17(13-22-14-19)24-21(26)23-16-6-4-3-5-7-16/h3-14H,2H2,1H3,(H2,23,24,26). The van der Waals surface area contributed by atoms with Crippen LogP contribution in [0.2, 0.25) is 0 Å². The van der Waals surface area contributed by atoms with Crippen molar-refractivity contribution < 1.29 is 19.1 Å². The third-order valence-electron chi connectivity index (χ3n) is 3.61. The molecule has 0 bridgehead atoms. The number of nitrogens with one attached hydrogen (secondary N) is 2. The molecule has 2 aromatic carbocycles. The molecule has 142 valence electrons.